The standard InChI is InChI=1S/C15H18N2/c1-12-5-7-13(8-6-12)15(16)10-9-14-4-2-3-11-17-14/h2-8,11,15H,9-10,16H2,1H3. The second kappa shape index (κ2) is 5.60. The first-order valence-electron chi connectivity index (χ1n) is 5.98. The van der Waals surface area contributed by atoms with Crippen molar-refractivity contribution in [1.82, 2.24) is 4.98 Å². The molecule has 0 aliphatic carbocycles. The zero-order valence-corrected chi connectivity index (χ0v) is 10.1. The molecule has 0 amide bonds. The van der Waals surface area contributed by atoms with Crippen molar-refractivity contribution in [2.24, 2.45) is 5.73 Å². The molecule has 0 spiro atoms. The van der Waals surface area contributed by atoms with Crippen LogP contribution in [0.2, 0.25) is 0 Å². The number of pyridine rings is 1. The molecular weight excluding hydrogens is 208 g/mol. The van der Waals surface area contributed by atoms with Crippen LogP contribution in [0.3, 0.4) is 0 Å². The Balaban J connectivity index is 1.93. The van der Waals surface area contributed by atoms with Crippen molar-refractivity contribution < 1.29 is 0 Å². The quantitative estimate of drug-likeness (QED) is 0.870. The molecule has 17 heavy (non-hydrogen) atoms. The van der Waals surface area contributed by atoms with Gasteiger partial charge in [0.1, 0.15) is 0 Å². The van der Waals surface area contributed by atoms with E-state index in [2.05, 4.69) is 36.2 Å². The van der Waals surface area contributed by atoms with Gasteiger partial charge in [0.15, 0.2) is 0 Å². The summed E-state index contributed by atoms with van der Waals surface area (Å²) < 4.78 is 0. The maximum absolute atomic E-state index is 6.17. The van der Waals surface area contributed by atoms with Gasteiger partial charge in [0, 0.05) is 17.9 Å². The first-order chi connectivity index (χ1) is 8.25. The topological polar surface area (TPSA) is 38.9 Å². The molecule has 0 aliphatic heterocycles. The second-order valence-corrected chi connectivity index (χ2v) is 4.38. The molecular formula is C15H18N2. The number of hydrogen-bond acceptors (Lipinski definition) is 2. The van der Waals surface area contributed by atoms with Gasteiger partial charge in [0.25, 0.3) is 0 Å². The van der Waals surface area contributed by atoms with E-state index >= 15 is 0 Å². The molecule has 1 aromatic heterocycles. The summed E-state index contributed by atoms with van der Waals surface area (Å²) in [4.78, 5) is 4.30. The number of aromatic nitrogens is 1. The highest BCUT2D eigenvalue weighted by Gasteiger charge is 2.06. The SMILES string of the molecule is Cc1ccc(C(N)CCc2ccccn2)cc1. The van der Waals surface area contributed by atoms with E-state index < -0.39 is 0 Å². The lowest BCUT2D eigenvalue weighted by Crippen LogP contribution is -2.11. The van der Waals surface area contributed by atoms with Crippen molar-refractivity contribution in [3.63, 3.8) is 0 Å². The van der Waals surface area contributed by atoms with Crippen LogP contribution in [0.5, 0.6) is 0 Å². The normalized spacial score (nSPS) is 12.4. The third kappa shape index (κ3) is 3.40. The minimum absolute atomic E-state index is 0.0950. The molecule has 2 N–H and O–H groups in total. The fourth-order valence-electron chi connectivity index (χ4n) is 1.83. The Morgan fingerprint density at radius 1 is 1.12 bits per heavy atom. The summed E-state index contributed by atoms with van der Waals surface area (Å²) in [6, 6.07) is 14.5. The highest BCUT2D eigenvalue weighted by molar-refractivity contribution is 5.24. The Hall–Kier alpha value is -1.67. The first-order valence-corrected chi connectivity index (χ1v) is 5.98. The predicted octanol–water partition coefficient (Wildman–Crippen LogP) is 3.02. The molecule has 2 rings (SSSR count). The Morgan fingerprint density at radius 2 is 1.88 bits per heavy atom. The van der Waals surface area contributed by atoms with Gasteiger partial charge in [-0.3, -0.25) is 4.98 Å². The number of aryl methyl sites for hydroxylation is 2. The van der Waals surface area contributed by atoms with Gasteiger partial charge in [-0.05, 0) is 37.5 Å². The van der Waals surface area contributed by atoms with Crippen molar-refractivity contribution in [2.45, 2.75) is 25.8 Å². The van der Waals surface area contributed by atoms with Gasteiger partial charge in [-0.25, -0.2) is 0 Å². The Labute approximate surface area is 103 Å². The first kappa shape index (κ1) is 11.8. The number of rotatable bonds is 4. The van der Waals surface area contributed by atoms with Crippen molar-refractivity contribution in [3.05, 3.63) is 65.5 Å². The smallest absolute Gasteiger partial charge is 0.0404 e. The van der Waals surface area contributed by atoms with Gasteiger partial charge < -0.3 is 5.73 Å². The molecule has 2 nitrogen and oxygen atoms in total. The third-order valence-corrected chi connectivity index (χ3v) is 2.94. The predicted molar refractivity (Wildman–Crippen MR) is 70.7 cm³/mol. The summed E-state index contributed by atoms with van der Waals surface area (Å²) in [5.41, 5.74) is 9.74. The van der Waals surface area contributed by atoms with Gasteiger partial charge >= 0.3 is 0 Å². The van der Waals surface area contributed by atoms with Crippen LogP contribution in [0.15, 0.2) is 48.7 Å². The minimum Gasteiger partial charge on any atom is -0.324 e. The Morgan fingerprint density at radius 3 is 2.53 bits per heavy atom. The Bertz CT molecular complexity index is 448. The summed E-state index contributed by atoms with van der Waals surface area (Å²) in [5.74, 6) is 0. The molecule has 0 aliphatic rings. The third-order valence-electron chi connectivity index (χ3n) is 2.94. The molecule has 1 heterocycles. The number of benzene rings is 1. The van der Waals surface area contributed by atoms with Gasteiger partial charge in [-0.1, -0.05) is 35.9 Å². The molecule has 1 aromatic carbocycles. The van der Waals surface area contributed by atoms with Gasteiger partial charge in [0.05, 0.1) is 0 Å². The van der Waals surface area contributed by atoms with Crippen LogP contribution < -0.4 is 5.73 Å². The Kier molecular flexibility index (Phi) is 3.89. The zero-order chi connectivity index (χ0) is 12.1. The number of hydrogen-bond donors (Lipinski definition) is 1. The highest BCUT2D eigenvalue weighted by atomic mass is 14.7. The van der Waals surface area contributed by atoms with Crippen LogP contribution in [0.25, 0.3) is 0 Å². The van der Waals surface area contributed by atoms with Crippen LogP contribution in [0, 0.1) is 6.92 Å². The molecule has 2 aromatic rings. The van der Waals surface area contributed by atoms with E-state index in [9.17, 15) is 0 Å². The molecule has 88 valence electrons. The summed E-state index contributed by atoms with van der Waals surface area (Å²) in [7, 11) is 0. The van der Waals surface area contributed by atoms with Crippen LogP contribution in [0.1, 0.15) is 29.3 Å². The fraction of sp³-hybridized carbons (Fsp3) is 0.267. The maximum Gasteiger partial charge on any atom is 0.0404 e. The molecule has 2 heteroatoms. The van der Waals surface area contributed by atoms with E-state index in [1.807, 2.05) is 24.4 Å². The van der Waals surface area contributed by atoms with Crippen LogP contribution in [-0.2, 0) is 6.42 Å². The molecule has 1 unspecified atom stereocenters. The molecule has 0 radical (unpaired) electrons. The van der Waals surface area contributed by atoms with E-state index in [4.69, 9.17) is 5.73 Å². The number of nitrogens with zero attached hydrogens (tertiary/aromatic N) is 1. The summed E-state index contributed by atoms with van der Waals surface area (Å²) in [6.45, 7) is 2.09. The van der Waals surface area contributed by atoms with Gasteiger partial charge in [-0.15, -0.1) is 0 Å². The van der Waals surface area contributed by atoms with E-state index in [0.29, 0.717) is 0 Å². The average molecular weight is 226 g/mol. The summed E-state index contributed by atoms with van der Waals surface area (Å²) >= 11 is 0. The van der Waals surface area contributed by atoms with E-state index in [-0.39, 0.29) is 6.04 Å². The van der Waals surface area contributed by atoms with Crippen molar-refractivity contribution in [1.29, 1.82) is 0 Å². The zero-order valence-electron chi connectivity index (χ0n) is 10.1. The lowest BCUT2D eigenvalue weighted by atomic mass is 10.0. The molecule has 0 saturated carbocycles. The van der Waals surface area contributed by atoms with Gasteiger partial charge in [0.2, 0.25) is 0 Å². The molecule has 0 bridgehead atoms. The number of nitrogens with two attached hydrogens (primary N) is 1. The van der Waals surface area contributed by atoms with E-state index in [1.165, 1.54) is 11.1 Å². The largest absolute Gasteiger partial charge is 0.324 e. The monoisotopic (exact) mass is 226 g/mol. The lowest BCUT2D eigenvalue weighted by Gasteiger charge is -2.11. The van der Waals surface area contributed by atoms with Crippen LogP contribution >= 0.6 is 0 Å². The van der Waals surface area contributed by atoms with E-state index in [1.54, 1.807) is 0 Å². The summed E-state index contributed by atoms with van der Waals surface area (Å²) in [5, 5.41) is 0. The van der Waals surface area contributed by atoms with Crippen molar-refractivity contribution >= 4 is 0 Å². The van der Waals surface area contributed by atoms with Gasteiger partial charge in [-0.2, -0.15) is 0 Å². The minimum atomic E-state index is 0.0950. The van der Waals surface area contributed by atoms with Crippen molar-refractivity contribution in [2.75, 3.05) is 0 Å². The van der Waals surface area contributed by atoms with Crippen LogP contribution in [-0.4, -0.2) is 4.98 Å². The molecule has 0 fully saturated rings. The highest BCUT2D eigenvalue weighted by Crippen LogP contribution is 2.16. The van der Waals surface area contributed by atoms with Crippen molar-refractivity contribution in [3.8, 4) is 0 Å². The molecule has 0 saturated heterocycles. The maximum atomic E-state index is 6.17. The lowest BCUT2D eigenvalue weighted by molar-refractivity contribution is 0.644. The van der Waals surface area contributed by atoms with E-state index in [0.717, 1.165) is 18.5 Å². The molecule has 1 atom stereocenters. The summed E-state index contributed by atoms with van der Waals surface area (Å²) in [6.07, 6.45) is 3.68. The fourth-order valence-corrected chi connectivity index (χ4v) is 1.83. The average Bonchev–Trinajstić information content (AvgIpc) is 2.38. The second-order valence-electron chi connectivity index (χ2n) is 4.38. The van der Waals surface area contributed by atoms with Crippen LogP contribution in [0.4, 0.5) is 0 Å².